The Balaban J connectivity index is 1.94. The fourth-order valence-corrected chi connectivity index (χ4v) is 3.77. The normalized spacial score (nSPS) is 16.5. The summed E-state index contributed by atoms with van der Waals surface area (Å²) >= 11 is 5.71. The molecule has 2 aromatic heterocycles. The Morgan fingerprint density at radius 2 is 2.26 bits per heavy atom. The number of fused-ring (bicyclic) bond motifs is 1. The second-order valence-electron chi connectivity index (χ2n) is 4.14. The van der Waals surface area contributed by atoms with Crippen LogP contribution in [0.1, 0.15) is 11.4 Å². The first-order chi connectivity index (χ1) is 9.13. The topological polar surface area (TPSA) is 96.8 Å². The van der Waals surface area contributed by atoms with Gasteiger partial charge < -0.3 is 4.57 Å². The lowest BCUT2D eigenvalue weighted by atomic mass is 10.4. The van der Waals surface area contributed by atoms with Gasteiger partial charge in [0, 0.05) is 18.7 Å². The summed E-state index contributed by atoms with van der Waals surface area (Å²) in [7, 11) is -3.63. The van der Waals surface area contributed by atoms with Gasteiger partial charge in [0.15, 0.2) is 5.03 Å². The molecule has 0 bridgehead atoms. The molecule has 8 nitrogen and oxygen atoms in total. The van der Waals surface area contributed by atoms with Crippen LogP contribution in [0.5, 0.6) is 0 Å². The lowest BCUT2D eigenvalue weighted by Gasteiger charge is -2.25. The average Bonchev–Trinajstić information content (AvgIpc) is 3.06. The molecule has 0 fully saturated rings. The highest BCUT2D eigenvalue weighted by atomic mass is 35.5. The number of alkyl halides is 1. The summed E-state index contributed by atoms with van der Waals surface area (Å²) in [6.45, 7) is 1.10. The van der Waals surface area contributed by atoms with E-state index >= 15 is 0 Å². The van der Waals surface area contributed by atoms with E-state index in [2.05, 4.69) is 20.4 Å². The van der Waals surface area contributed by atoms with Gasteiger partial charge in [0.05, 0.1) is 18.6 Å². The maximum atomic E-state index is 12.5. The van der Waals surface area contributed by atoms with Crippen LogP contribution in [0, 0.1) is 0 Å². The van der Waals surface area contributed by atoms with E-state index in [4.69, 9.17) is 11.6 Å². The lowest BCUT2D eigenvalue weighted by molar-refractivity contribution is 0.334. The summed E-state index contributed by atoms with van der Waals surface area (Å²) < 4.78 is 28.2. The number of H-pyrrole nitrogens is 1. The predicted molar refractivity (Wildman–Crippen MR) is 65.8 cm³/mol. The van der Waals surface area contributed by atoms with Crippen LogP contribution in [-0.4, -0.2) is 44.2 Å². The third-order valence-corrected chi connectivity index (χ3v) is 5.17. The summed E-state index contributed by atoms with van der Waals surface area (Å²) in [5, 5.41) is 14.0. The van der Waals surface area contributed by atoms with Gasteiger partial charge in [-0.15, -0.1) is 21.8 Å². The fourth-order valence-electron chi connectivity index (χ4n) is 2.00. The Morgan fingerprint density at radius 1 is 1.42 bits per heavy atom. The third-order valence-electron chi connectivity index (χ3n) is 3.02. The second kappa shape index (κ2) is 4.58. The monoisotopic (exact) mass is 302 g/mol. The molecule has 1 aliphatic rings. The van der Waals surface area contributed by atoms with E-state index in [1.807, 2.05) is 4.57 Å². The standard InChI is InChI=1S/C9H11ClN6O2S/c10-3-7-4-11-14-9(7)19(17,18)16-2-1-15-6-12-13-8(15)5-16/h4,6H,1-3,5H2,(H,11,14). The van der Waals surface area contributed by atoms with Gasteiger partial charge in [-0.25, -0.2) is 8.42 Å². The first-order valence-corrected chi connectivity index (χ1v) is 7.55. The first-order valence-electron chi connectivity index (χ1n) is 5.58. The van der Waals surface area contributed by atoms with Gasteiger partial charge in [-0.1, -0.05) is 0 Å². The SMILES string of the molecule is O=S(=O)(c1[nH]ncc1CCl)N1CCn2cnnc2C1. The van der Waals surface area contributed by atoms with E-state index in [1.165, 1.54) is 10.5 Å². The van der Waals surface area contributed by atoms with Gasteiger partial charge in [0.25, 0.3) is 10.0 Å². The lowest BCUT2D eigenvalue weighted by Crippen LogP contribution is -2.38. The Bertz CT molecular complexity index is 693. The number of hydrogen-bond acceptors (Lipinski definition) is 5. The molecule has 102 valence electrons. The van der Waals surface area contributed by atoms with Gasteiger partial charge in [-0.05, 0) is 0 Å². The van der Waals surface area contributed by atoms with E-state index in [1.54, 1.807) is 6.33 Å². The Kier molecular flexibility index (Phi) is 3.03. The number of aromatic nitrogens is 5. The Hall–Kier alpha value is -1.45. The number of nitrogens with zero attached hydrogens (tertiary/aromatic N) is 5. The van der Waals surface area contributed by atoms with Crippen LogP contribution in [0.4, 0.5) is 0 Å². The van der Waals surface area contributed by atoms with E-state index in [0.717, 1.165) is 0 Å². The quantitative estimate of drug-likeness (QED) is 0.802. The molecule has 1 aliphatic heterocycles. The predicted octanol–water partition coefficient (Wildman–Crippen LogP) is -0.0555. The molecular weight excluding hydrogens is 292 g/mol. The van der Waals surface area contributed by atoms with E-state index in [9.17, 15) is 8.42 Å². The van der Waals surface area contributed by atoms with Crippen LogP contribution < -0.4 is 0 Å². The first kappa shape index (κ1) is 12.6. The van der Waals surface area contributed by atoms with Crippen molar-refractivity contribution in [3.8, 4) is 0 Å². The highest BCUT2D eigenvalue weighted by Crippen LogP contribution is 2.22. The highest BCUT2D eigenvalue weighted by molar-refractivity contribution is 7.89. The highest BCUT2D eigenvalue weighted by Gasteiger charge is 2.32. The van der Waals surface area contributed by atoms with Gasteiger partial charge in [0.1, 0.15) is 12.2 Å². The molecule has 0 saturated heterocycles. The molecule has 0 aromatic carbocycles. The second-order valence-corrected chi connectivity index (χ2v) is 6.28. The van der Waals surface area contributed by atoms with Crippen molar-refractivity contribution in [1.82, 2.24) is 29.3 Å². The summed E-state index contributed by atoms with van der Waals surface area (Å²) in [4.78, 5) is 0. The molecule has 0 saturated carbocycles. The van der Waals surface area contributed by atoms with Crippen molar-refractivity contribution in [2.24, 2.45) is 0 Å². The molecule has 0 spiro atoms. The van der Waals surface area contributed by atoms with E-state index < -0.39 is 10.0 Å². The average molecular weight is 303 g/mol. The minimum Gasteiger partial charge on any atom is -0.315 e. The summed E-state index contributed by atoms with van der Waals surface area (Å²) in [6.07, 6.45) is 3.02. The van der Waals surface area contributed by atoms with Gasteiger partial charge in [0.2, 0.25) is 0 Å². The molecule has 0 radical (unpaired) electrons. The molecular formula is C9H11ClN6O2S. The summed E-state index contributed by atoms with van der Waals surface area (Å²) in [5.41, 5.74) is 0.466. The third kappa shape index (κ3) is 2.03. The van der Waals surface area contributed by atoms with Crippen molar-refractivity contribution in [2.75, 3.05) is 6.54 Å². The molecule has 3 rings (SSSR count). The largest absolute Gasteiger partial charge is 0.315 e. The van der Waals surface area contributed by atoms with Gasteiger partial charge >= 0.3 is 0 Å². The van der Waals surface area contributed by atoms with Crippen molar-refractivity contribution in [3.05, 3.63) is 23.9 Å². The van der Waals surface area contributed by atoms with Crippen LogP contribution in [-0.2, 0) is 29.0 Å². The van der Waals surface area contributed by atoms with Crippen molar-refractivity contribution >= 4 is 21.6 Å². The van der Waals surface area contributed by atoms with Crippen LogP contribution in [0.3, 0.4) is 0 Å². The van der Waals surface area contributed by atoms with Gasteiger partial charge in [-0.3, -0.25) is 5.10 Å². The molecule has 19 heavy (non-hydrogen) atoms. The number of hydrogen-bond donors (Lipinski definition) is 1. The van der Waals surface area contributed by atoms with Crippen LogP contribution in [0.15, 0.2) is 17.6 Å². The number of aromatic amines is 1. The summed E-state index contributed by atoms with van der Waals surface area (Å²) in [5.74, 6) is 0.719. The number of rotatable bonds is 3. The molecule has 0 unspecified atom stereocenters. The maximum Gasteiger partial charge on any atom is 0.260 e. The van der Waals surface area contributed by atoms with Gasteiger partial charge in [-0.2, -0.15) is 9.40 Å². The van der Waals surface area contributed by atoms with E-state index in [-0.39, 0.29) is 17.5 Å². The van der Waals surface area contributed by atoms with Crippen LogP contribution in [0.2, 0.25) is 0 Å². The molecule has 3 heterocycles. The molecule has 10 heteroatoms. The Morgan fingerprint density at radius 3 is 3.05 bits per heavy atom. The molecule has 2 aromatic rings. The van der Waals surface area contributed by atoms with Crippen molar-refractivity contribution in [2.45, 2.75) is 24.0 Å². The minimum absolute atomic E-state index is 0.0514. The van der Waals surface area contributed by atoms with Crippen molar-refractivity contribution < 1.29 is 8.42 Å². The zero-order valence-corrected chi connectivity index (χ0v) is 11.4. The number of nitrogens with one attached hydrogen (secondary N) is 1. The van der Waals surface area contributed by atoms with Crippen LogP contribution in [0.25, 0.3) is 0 Å². The zero-order valence-electron chi connectivity index (χ0n) is 9.82. The van der Waals surface area contributed by atoms with Crippen molar-refractivity contribution in [1.29, 1.82) is 0 Å². The Labute approximate surface area is 114 Å². The minimum atomic E-state index is -3.63. The molecule has 0 amide bonds. The summed E-state index contributed by atoms with van der Waals surface area (Å²) in [6, 6.07) is 0. The molecule has 0 aliphatic carbocycles. The smallest absolute Gasteiger partial charge is 0.260 e. The zero-order chi connectivity index (χ0) is 13.5. The van der Waals surface area contributed by atoms with E-state index in [0.29, 0.717) is 24.5 Å². The number of halogens is 1. The number of sulfonamides is 1. The van der Waals surface area contributed by atoms with Crippen LogP contribution >= 0.6 is 11.6 Å². The maximum absolute atomic E-state index is 12.5. The molecule has 0 atom stereocenters. The fraction of sp³-hybridized carbons (Fsp3) is 0.444. The molecule has 1 N–H and O–H groups in total. The van der Waals surface area contributed by atoms with Crippen molar-refractivity contribution in [3.63, 3.8) is 0 Å².